The van der Waals surface area contributed by atoms with Gasteiger partial charge in [0.1, 0.15) is 0 Å². The van der Waals surface area contributed by atoms with E-state index in [0.717, 1.165) is 5.56 Å². The summed E-state index contributed by atoms with van der Waals surface area (Å²) in [7, 11) is 1.43. The Morgan fingerprint density at radius 3 is 2.31 bits per heavy atom. The third-order valence-corrected chi connectivity index (χ3v) is 5.91. The van der Waals surface area contributed by atoms with Crippen LogP contribution < -0.4 is 20.1 Å². The third kappa shape index (κ3) is 5.29. The molecular weight excluding hydrogens is 488 g/mol. The molecule has 4 rings (SSSR count). The van der Waals surface area contributed by atoms with Gasteiger partial charge in [0, 0.05) is 17.2 Å². The second-order valence-corrected chi connectivity index (χ2v) is 8.40. The number of ether oxygens (including phenoxy) is 2. The molecule has 7 nitrogen and oxygen atoms in total. The number of benzene rings is 3. The van der Waals surface area contributed by atoms with Gasteiger partial charge in [-0.3, -0.25) is 4.79 Å². The molecule has 1 aliphatic heterocycles. The number of thiocarbonyl (C=S) groups is 1. The number of carboxylic acids is 1. The van der Waals surface area contributed by atoms with E-state index in [1.165, 1.54) is 13.2 Å². The summed E-state index contributed by atoms with van der Waals surface area (Å²) in [6.45, 7) is -0.558. The number of rotatable bonds is 8. The minimum Gasteiger partial charge on any atom is -0.493 e. The van der Waals surface area contributed by atoms with E-state index in [9.17, 15) is 9.59 Å². The molecule has 1 atom stereocenters. The van der Waals surface area contributed by atoms with E-state index in [2.05, 4.69) is 10.6 Å². The first-order valence-corrected chi connectivity index (χ1v) is 11.4. The second kappa shape index (κ2) is 10.6. The minimum absolute atomic E-state index is 0.170. The van der Waals surface area contributed by atoms with Gasteiger partial charge in [0.25, 0.3) is 0 Å². The maximum absolute atomic E-state index is 13.8. The van der Waals surface area contributed by atoms with Gasteiger partial charge in [-0.2, -0.15) is 0 Å². The highest BCUT2D eigenvalue weighted by Gasteiger charge is 2.34. The van der Waals surface area contributed by atoms with Crippen LogP contribution in [0.1, 0.15) is 27.5 Å². The Kier molecular flexibility index (Phi) is 7.33. The maximum atomic E-state index is 13.8. The smallest absolute Gasteiger partial charge is 0.341 e. The van der Waals surface area contributed by atoms with Gasteiger partial charge in [0.05, 0.1) is 29.4 Å². The number of halogens is 1. The van der Waals surface area contributed by atoms with Gasteiger partial charge in [-0.1, -0.05) is 72.3 Å². The van der Waals surface area contributed by atoms with E-state index < -0.39 is 18.6 Å². The van der Waals surface area contributed by atoms with Crippen LogP contribution in [0.4, 0.5) is 0 Å². The maximum Gasteiger partial charge on any atom is 0.341 e. The van der Waals surface area contributed by atoms with Gasteiger partial charge in [-0.25, -0.2) is 4.79 Å². The van der Waals surface area contributed by atoms with E-state index in [1.807, 2.05) is 36.4 Å². The Labute approximate surface area is 212 Å². The van der Waals surface area contributed by atoms with Crippen molar-refractivity contribution in [3.05, 3.63) is 100 Å². The predicted molar refractivity (Wildman–Crippen MR) is 137 cm³/mol. The van der Waals surface area contributed by atoms with Gasteiger partial charge >= 0.3 is 5.97 Å². The monoisotopic (exact) mass is 508 g/mol. The van der Waals surface area contributed by atoms with Crippen LogP contribution in [0.3, 0.4) is 0 Å². The Hall–Kier alpha value is -3.88. The van der Waals surface area contributed by atoms with Crippen molar-refractivity contribution in [2.45, 2.75) is 6.04 Å². The topological polar surface area (TPSA) is 96.9 Å². The van der Waals surface area contributed by atoms with Crippen LogP contribution in [0.5, 0.6) is 11.5 Å². The van der Waals surface area contributed by atoms with Crippen LogP contribution in [-0.4, -0.2) is 35.7 Å². The molecule has 0 fully saturated rings. The molecule has 0 saturated heterocycles. The zero-order valence-corrected chi connectivity index (χ0v) is 20.2. The van der Waals surface area contributed by atoms with E-state index in [1.54, 1.807) is 30.3 Å². The lowest BCUT2D eigenvalue weighted by Gasteiger charge is -2.32. The van der Waals surface area contributed by atoms with Gasteiger partial charge < -0.3 is 25.2 Å². The van der Waals surface area contributed by atoms with Crippen molar-refractivity contribution in [1.29, 1.82) is 0 Å². The van der Waals surface area contributed by atoms with Crippen molar-refractivity contribution in [3.8, 4) is 11.5 Å². The molecule has 35 heavy (non-hydrogen) atoms. The summed E-state index contributed by atoms with van der Waals surface area (Å²) < 4.78 is 10.8. The molecule has 3 aromatic rings. The van der Waals surface area contributed by atoms with Gasteiger partial charge in [0.2, 0.25) is 0 Å². The second-order valence-electron chi connectivity index (χ2n) is 7.59. The number of ketones is 1. The van der Waals surface area contributed by atoms with Crippen molar-refractivity contribution in [2.75, 3.05) is 13.7 Å². The highest BCUT2D eigenvalue weighted by atomic mass is 35.5. The van der Waals surface area contributed by atoms with Gasteiger partial charge in [-0.05, 0) is 23.8 Å². The first-order valence-electron chi connectivity index (χ1n) is 10.6. The summed E-state index contributed by atoms with van der Waals surface area (Å²) in [5.74, 6) is -0.907. The molecule has 0 radical (unpaired) electrons. The lowest BCUT2D eigenvalue weighted by atomic mass is 9.87. The molecule has 0 amide bonds. The van der Waals surface area contributed by atoms with Crippen molar-refractivity contribution in [2.24, 2.45) is 0 Å². The van der Waals surface area contributed by atoms with E-state index in [-0.39, 0.29) is 22.3 Å². The minimum atomic E-state index is -1.14. The quantitative estimate of drug-likeness (QED) is 0.299. The third-order valence-electron chi connectivity index (χ3n) is 5.36. The first-order chi connectivity index (χ1) is 16.9. The predicted octanol–water partition coefficient (Wildman–Crippen LogP) is 4.63. The number of aliphatic carboxylic acids is 1. The SMILES string of the molecule is COc1cc([C@H]2NC(=S)NC(c3ccccc3)=C2C(=O)c2ccccc2)c(Cl)cc1OCC(=O)O. The average Bonchev–Trinajstić information content (AvgIpc) is 2.87. The largest absolute Gasteiger partial charge is 0.493 e. The van der Waals surface area contributed by atoms with Crippen molar-refractivity contribution >= 4 is 46.4 Å². The molecule has 3 aromatic carbocycles. The Morgan fingerprint density at radius 1 is 1.03 bits per heavy atom. The normalized spacial score (nSPS) is 15.1. The Morgan fingerprint density at radius 2 is 1.69 bits per heavy atom. The van der Waals surface area contributed by atoms with E-state index in [4.69, 9.17) is 38.4 Å². The average molecular weight is 509 g/mol. The van der Waals surface area contributed by atoms with Crippen LogP contribution in [0.25, 0.3) is 5.70 Å². The molecule has 0 spiro atoms. The molecule has 178 valence electrons. The zero-order valence-electron chi connectivity index (χ0n) is 18.6. The highest BCUT2D eigenvalue weighted by Crippen LogP contribution is 2.41. The molecular formula is C26H21ClN2O5S. The fourth-order valence-corrected chi connectivity index (χ4v) is 4.29. The van der Waals surface area contributed by atoms with Crippen molar-refractivity contribution < 1.29 is 24.2 Å². The number of hydrogen-bond donors (Lipinski definition) is 3. The summed E-state index contributed by atoms with van der Waals surface area (Å²) in [4.78, 5) is 24.8. The van der Waals surface area contributed by atoms with Gasteiger partial charge in [-0.15, -0.1) is 0 Å². The molecule has 0 bridgehead atoms. The van der Waals surface area contributed by atoms with Crippen LogP contribution in [-0.2, 0) is 4.79 Å². The Bertz CT molecular complexity index is 1310. The number of carboxylic acid groups (broad SMARTS) is 1. The number of nitrogens with one attached hydrogen (secondary N) is 2. The summed E-state index contributed by atoms with van der Waals surface area (Å²) in [5.41, 5.74) is 2.78. The summed E-state index contributed by atoms with van der Waals surface area (Å²) in [6.07, 6.45) is 0. The number of Topliss-reactive ketones (excluding diaryl/α,β-unsaturated/α-hetero) is 1. The number of carbonyl (C=O) groups is 2. The van der Waals surface area contributed by atoms with Crippen LogP contribution >= 0.6 is 23.8 Å². The van der Waals surface area contributed by atoms with Crippen LogP contribution in [0.2, 0.25) is 5.02 Å². The van der Waals surface area contributed by atoms with Crippen molar-refractivity contribution in [3.63, 3.8) is 0 Å². The lowest BCUT2D eigenvalue weighted by molar-refractivity contribution is -0.139. The standard InChI is InChI=1S/C26H21ClN2O5S/c1-33-19-12-17(18(27)13-20(19)34-14-21(30)31)24-22(25(32)16-10-6-3-7-11-16)23(28-26(35)29-24)15-8-4-2-5-9-15/h2-13,24H,14H2,1H3,(H,30,31)(H2,28,29,35)/t24-/m1/s1. The number of hydrogen-bond acceptors (Lipinski definition) is 5. The fraction of sp³-hybridized carbons (Fsp3) is 0.115. The molecule has 0 saturated carbocycles. The highest BCUT2D eigenvalue weighted by molar-refractivity contribution is 7.80. The summed E-state index contributed by atoms with van der Waals surface area (Å²) in [6, 6.07) is 20.7. The molecule has 9 heteroatoms. The molecule has 1 heterocycles. The molecule has 0 unspecified atom stereocenters. The van der Waals surface area contributed by atoms with Gasteiger partial charge in [0.15, 0.2) is 29.0 Å². The van der Waals surface area contributed by atoms with E-state index in [0.29, 0.717) is 27.5 Å². The van der Waals surface area contributed by atoms with E-state index >= 15 is 0 Å². The summed E-state index contributed by atoms with van der Waals surface area (Å²) >= 11 is 12.1. The molecule has 0 aliphatic carbocycles. The van der Waals surface area contributed by atoms with Crippen LogP contribution in [0.15, 0.2) is 78.4 Å². The van der Waals surface area contributed by atoms with Crippen LogP contribution in [0, 0.1) is 0 Å². The number of carbonyl (C=O) groups excluding carboxylic acids is 1. The number of methoxy groups -OCH3 is 1. The van der Waals surface area contributed by atoms with Crippen molar-refractivity contribution in [1.82, 2.24) is 10.6 Å². The Balaban J connectivity index is 1.90. The molecule has 1 aliphatic rings. The summed E-state index contributed by atoms with van der Waals surface area (Å²) in [5, 5.41) is 15.8. The lowest BCUT2D eigenvalue weighted by Crippen LogP contribution is -2.45. The molecule has 3 N–H and O–H groups in total. The molecule has 0 aromatic heterocycles. The first kappa shape index (κ1) is 24.3. The fourth-order valence-electron chi connectivity index (χ4n) is 3.80. The zero-order chi connectivity index (χ0) is 24.9.